The van der Waals surface area contributed by atoms with Crippen LogP contribution >= 0.6 is 0 Å². The van der Waals surface area contributed by atoms with Gasteiger partial charge in [0.1, 0.15) is 5.75 Å². The number of aryl methyl sites for hydroxylation is 1. The number of hydrogen-bond acceptors (Lipinski definition) is 3. The molecular formula is C17H28N2O. The SMILES string of the molecule is CNC1c2cc(OC)ccc2CCC1N(C)CC(C)C. The summed E-state index contributed by atoms with van der Waals surface area (Å²) in [5.41, 5.74) is 2.86. The molecule has 0 saturated carbocycles. The Bertz CT molecular complexity index is 445. The quantitative estimate of drug-likeness (QED) is 0.895. The summed E-state index contributed by atoms with van der Waals surface area (Å²) in [6.07, 6.45) is 2.37. The van der Waals surface area contributed by atoms with Crippen molar-refractivity contribution in [1.29, 1.82) is 0 Å². The number of methoxy groups -OCH3 is 1. The van der Waals surface area contributed by atoms with Crippen LogP contribution in [0.4, 0.5) is 0 Å². The molecule has 2 atom stereocenters. The molecule has 20 heavy (non-hydrogen) atoms. The molecule has 1 aromatic carbocycles. The molecule has 0 saturated heterocycles. The van der Waals surface area contributed by atoms with Crippen molar-refractivity contribution in [1.82, 2.24) is 10.2 Å². The van der Waals surface area contributed by atoms with E-state index in [1.165, 1.54) is 17.5 Å². The highest BCUT2D eigenvalue weighted by molar-refractivity contribution is 5.40. The second kappa shape index (κ2) is 6.59. The van der Waals surface area contributed by atoms with E-state index in [4.69, 9.17) is 4.74 Å². The van der Waals surface area contributed by atoms with E-state index in [1.807, 2.05) is 0 Å². The van der Waals surface area contributed by atoms with Crippen molar-refractivity contribution in [2.24, 2.45) is 5.92 Å². The average Bonchev–Trinajstić information content (AvgIpc) is 2.44. The number of nitrogens with zero attached hydrogens (tertiary/aromatic N) is 1. The van der Waals surface area contributed by atoms with Crippen LogP contribution in [0.25, 0.3) is 0 Å². The Morgan fingerprint density at radius 3 is 2.75 bits per heavy atom. The maximum Gasteiger partial charge on any atom is 0.119 e. The Balaban J connectivity index is 2.26. The molecule has 1 aromatic rings. The maximum atomic E-state index is 5.39. The lowest BCUT2D eigenvalue weighted by Gasteiger charge is -2.40. The third-order valence-electron chi connectivity index (χ3n) is 4.31. The summed E-state index contributed by atoms with van der Waals surface area (Å²) in [5.74, 6) is 1.65. The molecule has 112 valence electrons. The molecule has 0 bridgehead atoms. The standard InChI is InChI=1S/C17H28N2O/c1-12(2)11-19(4)16-9-7-13-6-8-14(20-5)10-15(13)17(16)18-3/h6,8,10,12,16-18H,7,9,11H2,1-5H3. The summed E-state index contributed by atoms with van der Waals surface area (Å²) in [5, 5.41) is 3.52. The van der Waals surface area contributed by atoms with Crippen LogP contribution in [0.3, 0.4) is 0 Å². The Morgan fingerprint density at radius 1 is 1.40 bits per heavy atom. The minimum Gasteiger partial charge on any atom is -0.497 e. The summed E-state index contributed by atoms with van der Waals surface area (Å²) in [6.45, 7) is 5.71. The molecule has 2 rings (SSSR count). The first-order valence-electron chi connectivity index (χ1n) is 7.61. The summed E-state index contributed by atoms with van der Waals surface area (Å²) < 4.78 is 5.39. The normalized spacial score (nSPS) is 22.1. The Kier molecular flexibility index (Phi) is 5.06. The van der Waals surface area contributed by atoms with Gasteiger partial charge in [-0.15, -0.1) is 0 Å². The molecule has 0 radical (unpaired) electrons. The van der Waals surface area contributed by atoms with Gasteiger partial charge in [0.05, 0.1) is 7.11 Å². The summed E-state index contributed by atoms with van der Waals surface area (Å²) in [6, 6.07) is 7.44. The van der Waals surface area contributed by atoms with Crippen molar-refractivity contribution in [3.05, 3.63) is 29.3 Å². The van der Waals surface area contributed by atoms with Gasteiger partial charge in [0.15, 0.2) is 0 Å². The first-order chi connectivity index (χ1) is 9.56. The van der Waals surface area contributed by atoms with Gasteiger partial charge in [-0.25, -0.2) is 0 Å². The van der Waals surface area contributed by atoms with Crippen LogP contribution in [-0.4, -0.2) is 38.7 Å². The number of nitrogens with one attached hydrogen (secondary N) is 1. The first kappa shape index (κ1) is 15.3. The second-order valence-electron chi connectivity index (χ2n) is 6.27. The topological polar surface area (TPSA) is 24.5 Å². The zero-order chi connectivity index (χ0) is 14.7. The van der Waals surface area contributed by atoms with Crippen molar-refractivity contribution in [2.45, 2.75) is 38.8 Å². The van der Waals surface area contributed by atoms with E-state index in [1.54, 1.807) is 7.11 Å². The van der Waals surface area contributed by atoms with Crippen LogP contribution in [0.2, 0.25) is 0 Å². The molecule has 0 spiro atoms. The fourth-order valence-corrected chi connectivity index (χ4v) is 3.43. The Labute approximate surface area is 123 Å². The fraction of sp³-hybridized carbons (Fsp3) is 0.647. The molecule has 2 unspecified atom stereocenters. The molecule has 0 amide bonds. The van der Waals surface area contributed by atoms with Crippen molar-refractivity contribution < 1.29 is 4.74 Å². The molecule has 0 heterocycles. The monoisotopic (exact) mass is 276 g/mol. The maximum absolute atomic E-state index is 5.39. The lowest BCUT2D eigenvalue weighted by molar-refractivity contribution is 0.161. The van der Waals surface area contributed by atoms with Crippen molar-refractivity contribution in [2.75, 3.05) is 27.7 Å². The fourth-order valence-electron chi connectivity index (χ4n) is 3.43. The summed E-state index contributed by atoms with van der Waals surface area (Å²) in [4.78, 5) is 2.51. The molecule has 0 aromatic heterocycles. The largest absolute Gasteiger partial charge is 0.497 e. The Hall–Kier alpha value is -1.06. The van der Waals surface area contributed by atoms with Gasteiger partial charge in [0, 0.05) is 18.6 Å². The number of fused-ring (bicyclic) bond motifs is 1. The van der Waals surface area contributed by atoms with Gasteiger partial charge in [0.2, 0.25) is 0 Å². The smallest absolute Gasteiger partial charge is 0.119 e. The van der Waals surface area contributed by atoms with Crippen LogP contribution in [-0.2, 0) is 6.42 Å². The number of ether oxygens (including phenoxy) is 1. The van der Waals surface area contributed by atoms with E-state index < -0.39 is 0 Å². The minimum atomic E-state index is 0.387. The van der Waals surface area contributed by atoms with Gasteiger partial charge >= 0.3 is 0 Å². The third kappa shape index (κ3) is 3.15. The van der Waals surface area contributed by atoms with Gasteiger partial charge in [-0.3, -0.25) is 0 Å². The van der Waals surface area contributed by atoms with Crippen LogP contribution in [0.5, 0.6) is 5.75 Å². The van der Waals surface area contributed by atoms with Gasteiger partial charge < -0.3 is 15.0 Å². The van der Waals surface area contributed by atoms with E-state index >= 15 is 0 Å². The summed E-state index contributed by atoms with van der Waals surface area (Å²) in [7, 11) is 6.05. The molecular weight excluding hydrogens is 248 g/mol. The molecule has 3 nitrogen and oxygen atoms in total. The predicted molar refractivity (Wildman–Crippen MR) is 84.4 cm³/mol. The van der Waals surface area contributed by atoms with Gasteiger partial charge in [-0.05, 0) is 56.1 Å². The van der Waals surface area contributed by atoms with Crippen LogP contribution in [0.15, 0.2) is 18.2 Å². The van der Waals surface area contributed by atoms with Crippen molar-refractivity contribution in [3.63, 3.8) is 0 Å². The highest BCUT2D eigenvalue weighted by Crippen LogP contribution is 2.34. The van der Waals surface area contributed by atoms with E-state index in [9.17, 15) is 0 Å². The molecule has 1 aliphatic rings. The van der Waals surface area contributed by atoms with Crippen molar-refractivity contribution in [3.8, 4) is 5.75 Å². The van der Waals surface area contributed by atoms with Gasteiger partial charge in [-0.1, -0.05) is 19.9 Å². The van der Waals surface area contributed by atoms with Crippen molar-refractivity contribution >= 4 is 0 Å². The summed E-state index contributed by atoms with van der Waals surface area (Å²) >= 11 is 0. The molecule has 3 heteroatoms. The van der Waals surface area contributed by atoms with Crippen LogP contribution in [0.1, 0.15) is 37.4 Å². The van der Waals surface area contributed by atoms with E-state index in [0.717, 1.165) is 18.7 Å². The number of benzene rings is 1. The highest BCUT2D eigenvalue weighted by atomic mass is 16.5. The van der Waals surface area contributed by atoms with E-state index in [-0.39, 0.29) is 0 Å². The molecule has 0 fully saturated rings. The number of rotatable bonds is 5. The number of likely N-dealkylation sites (N-methyl/N-ethyl adjacent to an activating group) is 2. The minimum absolute atomic E-state index is 0.387. The van der Waals surface area contributed by atoms with E-state index in [2.05, 4.69) is 56.4 Å². The zero-order valence-electron chi connectivity index (χ0n) is 13.4. The van der Waals surface area contributed by atoms with E-state index in [0.29, 0.717) is 18.0 Å². The third-order valence-corrected chi connectivity index (χ3v) is 4.31. The predicted octanol–water partition coefficient (Wildman–Crippen LogP) is 2.86. The lowest BCUT2D eigenvalue weighted by Crippen LogP contribution is -2.45. The van der Waals surface area contributed by atoms with Gasteiger partial charge in [0.25, 0.3) is 0 Å². The Morgan fingerprint density at radius 2 is 2.15 bits per heavy atom. The zero-order valence-corrected chi connectivity index (χ0v) is 13.4. The van der Waals surface area contributed by atoms with Gasteiger partial charge in [-0.2, -0.15) is 0 Å². The molecule has 1 N–H and O–H groups in total. The molecule has 0 aliphatic heterocycles. The van der Waals surface area contributed by atoms with Crippen LogP contribution < -0.4 is 10.1 Å². The highest BCUT2D eigenvalue weighted by Gasteiger charge is 2.31. The average molecular weight is 276 g/mol. The second-order valence-corrected chi connectivity index (χ2v) is 6.27. The van der Waals surface area contributed by atoms with Crippen LogP contribution in [0, 0.1) is 5.92 Å². The first-order valence-corrected chi connectivity index (χ1v) is 7.61. The number of hydrogen-bond donors (Lipinski definition) is 1. The lowest BCUT2D eigenvalue weighted by atomic mass is 9.83. The molecule has 1 aliphatic carbocycles.